The molecule has 2 aromatic carbocycles. The topological polar surface area (TPSA) is 60.2 Å². The Morgan fingerprint density at radius 1 is 1.04 bits per heavy atom. The monoisotopic (exact) mass is 375 g/mol. The Morgan fingerprint density at radius 3 is 2.32 bits per heavy atom. The molecule has 0 spiro atoms. The van der Waals surface area contributed by atoms with Gasteiger partial charge >= 0.3 is 0 Å². The summed E-state index contributed by atoms with van der Waals surface area (Å²) in [5, 5.41) is 7.15. The highest BCUT2D eigenvalue weighted by atomic mass is 32.2. The van der Waals surface area contributed by atoms with Crippen molar-refractivity contribution < 1.29 is 12.8 Å². The molecule has 0 atom stereocenters. The third-order valence-electron chi connectivity index (χ3n) is 3.98. The first-order valence-electron chi connectivity index (χ1n) is 7.90. The van der Waals surface area contributed by atoms with Crippen molar-refractivity contribution in [2.24, 2.45) is 5.14 Å². The number of aryl methyl sites for hydroxylation is 1. The molecular formula is C19H18FNO2S2. The largest absolute Gasteiger partial charge is 0.238 e. The van der Waals surface area contributed by atoms with Crippen molar-refractivity contribution in [3.63, 3.8) is 0 Å². The van der Waals surface area contributed by atoms with Crippen molar-refractivity contribution in [1.29, 1.82) is 0 Å². The molecule has 6 heteroatoms. The first-order valence-corrected chi connectivity index (χ1v) is 10.3. The van der Waals surface area contributed by atoms with E-state index in [0.717, 1.165) is 34.4 Å². The van der Waals surface area contributed by atoms with Gasteiger partial charge in [0, 0.05) is 21.6 Å². The van der Waals surface area contributed by atoms with Crippen LogP contribution >= 0.6 is 11.3 Å². The van der Waals surface area contributed by atoms with Gasteiger partial charge in [-0.2, -0.15) is 0 Å². The zero-order valence-electron chi connectivity index (χ0n) is 13.7. The molecule has 0 amide bonds. The maximum absolute atomic E-state index is 14.4. The minimum Gasteiger partial charge on any atom is -0.225 e. The van der Waals surface area contributed by atoms with Gasteiger partial charge in [0.2, 0.25) is 10.0 Å². The molecule has 3 aromatic rings. The van der Waals surface area contributed by atoms with Crippen LogP contribution in [0.5, 0.6) is 0 Å². The maximum Gasteiger partial charge on any atom is 0.238 e. The highest BCUT2D eigenvalue weighted by molar-refractivity contribution is 7.89. The maximum atomic E-state index is 14.4. The molecule has 130 valence electrons. The normalized spacial score (nSPS) is 11.6. The second-order valence-corrected chi connectivity index (χ2v) is 8.27. The fraction of sp³-hybridized carbons (Fsp3) is 0.158. The molecule has 0 saturated carbocycles. The zero-order chi connectivity index (χ0) is 18.0. The van der Waals surface area contributed by atoms with E-state index in [2.05, 4.69) is 6.92 Å². The number of nitrogens with two attached hydrogens (primary N) is 1. The van der Waals surface area contributed by atoms with Crippen LogP contribution < -0.4 is 5.14 Å². The van der Waals surface area contributed by atoms with Crippen molar-refractivity contribution in [2.75, 3.05) is 0 Å². The van der Waals surface area contributed by atoms with E-state index in [0.29, 0.717) is 5.56 Å². The molecule has 0 aliphatic rings. The third kappa shape index (κ3) is 3.66. The van der Waals surface area contributed by atoms with Crippen molar-refractivity contribution in [3.8, 4) is 22.3 Å². The van der Waals surface area contributed by atoms with Gasteiger partial charge in [-0.25, -0.2) is 17.9 Å². The zero-order valence-corrected chi connectivity index (χ0v) is 15.3. The second-order valence-electron chi connectivity index (χ2n) is 5.75. The average Bonchev–Trinajstić information content (AvgIpc) is 2.98. The Bertz CT molecular complexity index is 993. The summed E-state index contributed by atoms with van der Waals surface area (Å²) in [6, 6.07) is 13.1. The van der Waals surface area contributed by atoms with Gasteiger partial charge in [0.25, 0.3) is 0 Å². The number of rotatable bonds is 5. The third-order valence-corrected chi connectivity index (χ3v) is 5.96. The highest BCUT2D eigenvalue weighted by Gasteiger charge is 2.18. The van der Waals surface area contributed by atoms with E-state index in [1.807, 2.05) is 11.4 Å². The van der Waals surface area contributed by atoms with Crippen LogP contribution in [0.2, 0.25) is 0 Å². The average molecular weight is 375 g/mol. The van der Waals surface area contributed by atoms with Crippen LogP contribution in [-0.2, 0) is 16.4 Å². The molecule has 3 nitrogen and oxygen atoms in total. The van der Waals surface area contributed by atoms with Crippen LogP contribution in [0.1, 0.15) is 18.2 Å². The number of benzene rings is 2. The van der Waals surface area contributed by atoms with Crippen LogP contribution in [0.15, 0.2) is 58.8 Å². The van der Waals surface area contributed by atoms with Crippen molar-refractivity contribution >= 4 is 21.4 Å². The SMILES string of the molecule is CCCc1scc(-c2ccc(S(N)(=O)=O)cc2)c1-c1ccccc1F. The van der Waals surface area contributed by atoms with Gasteiger partial charge in [-0.05, 0) is 35.6 Å². The van der Waals surface area contributed by atoms with E-state index in [-0.39, 0.29) is 10.7 Å². The van der Waals surface area contributed by atoms with Crippen LogP contribution in [0.4, 0.5) is 4.39 Å². The number of halogens is 1. The molecule has 0 aliphatic carbocycles. The summed E-state index contributed by atoms with van der Waals surface area (Å²) in [6.07, 6.45) is 1.83. The Balaban J connectivity index is 2.16. The van der Waals surface area contributed by atoms with E-state index < -0.39 is 10.0 Å². The Labute approximate surface area is 151 Å². The van der Waals surface area contributed by atoms with E-state index in [4.69, 9.17) is 5.14 Å². The fourth-order valence-corrected chi connectivity index (χ4v) is 4.49. The summed E-state index contributed by atoms with van der Waals surface area (Å²) in [7, 11) is -3.73. The predicted molar refractivity (Wildman–Crippen MR) is 101 cm³/mol. The highest BCUT2D eigenvalue weighted by Crippen LogP contribution is 2.41. The lowest BCUT2D eigenvalue weighted by atomic mass is 9.95. The number of primary sulfonamides is 1. The fourth-order valence-electron chi connectivity index (χ4n) is 2.80. The Hall–Kier alpha value is -2.02. The van der Waals surface area contributed by atoms with Crippen molar-refractivity contribution in [1.82, 2.24) is 0 Å². The lowest BCUT2D eigenvalue weighted by molar-refractivity contribution is 0.598. The number of hydrogen-bond donors (Lipinski definition) is 1. The first kappa shape index (κ1) is 17.8. The molecule has 0 bridgehead atoms. The molecule has 0 fully saturated rings. The van der Waals surface area contributed by atoms with Crippen molar-refractivity contribution in [3.05, 3.63) is 64.6 Å². The number of hydrogen-bond acceptors (Lipinski definition) is 3. The lowest BCUT2D eigenvalue weighted by Crippen LogP contribution is -2.11. The van der Waals surface area contributed by atoms with Gasteiger partial charge in [0.15, 0.2) is 0 Å². The van der Waals surface area contributed by atoms with Gasteiger partial charge in [0.05, 0.1) is 4.90 Å². The smallest absolute Gasteiger partial charge is 0.225 e. The molecule has 25 heavy (non-hydrogen) atoms. The Kier molecular flexibility index (Phi) is 5.03. The van der Waals surface area contributed by atoms with Gasteiger partial charge in [-0.15, -0.1) is 11.3 Å². The quantitative estimate of drug-likeness (QED) is 0.695. The molecule has 3 rings (SSSR count). The summed E-state index contributed by atoms with van der Waals surface area (Å²) < 4.78 is 37.3. The molecule has 0 radical (unpaired) electrons. The lowest BCUT2D eigenvalue weighted by Gasteiger charge is -2.10. The summed E-state index contributed by atoms with van der Waals surface area (Å²) in [4.78, 5) is 1.19. The van der Waals surface area contributed by atoms with Gasteiger partial charge in [-0.1, -0.05) is 43.7 Å². The van der Waals surface area contributed by atoms with Crippen molar-refractivity contribution in [2.45, 2.75) is 24.7 Å². The van der Waals surface area contributed by atoms with Crippen LogP contribution in [0.25, 0.3) is 22.3 Å². The molecule has 0 unspecified atom stereocenters. The second kappa shape index (κ2) is 7.07. The molecular weight excluding hydrogens is 357 g/mol. The summed E-state index contributed by atoms with van der Waals surface area (Å²) >= 11 is 1.60. The minimum atomic E-state index is -3.73. The van der Waals surface area contributed by atoms with Crippen LogP contribution in [-0.4, -0.2) is 8.42 Å². The van der Waals surface area contributed by atoms with E-state index in [1.54, 1.807) is 35.6 Å². The van der Waals surface area contributed by atoms with Gasteiger partial charge in [-0.3, -0.25) is 0 Å². The van der Waals surface area contributed by atoms with Crippen LogP contribution in [0.3, 0.4) is 0 Å². The minimum absolute atomic E-state index is 0.0627. The molecule has 1 aromatic heterocycles. The van der Waals surface area contributed by atoms with Crippen LogP contribution in [0, 0.1) is 5.82 Å². The molecule has 0 aliphatic heterocycles. The van der Waals surface area contributed by atoms with E-state index in [9.17, 15) is 12.8 Å². The van der Waals surface area contributed by atoms with Gasteiger partial charge in [0.1, 0.15) is 5.82 Å². The summed E-state index contributed by atoms with van der Waals surface area (Å²) in [6.45, 7) is 2.09. The Morgan fingerprint density at radius 2 is 1.72 bits per heavy atom. The number of thiophene rings is 1. The molecule has 2 N–H and O–H groups in total. The van der Waals surface area contributed by atoms with Gasteiger partial charge < -0.3 is 0 Å². The molecule has 0 saturated heterocycles. The van der Waals surface area contributed by atoms with E-state index >= 15 is 0 Å². The number of sulfonamides is 1. The molecule has 1 heterocycles. The predicted octanol–water partition coefficient (Wildman–Crippen LogP) is 4.82. The standard InChI is InChI=1S/C19H18FNO2S2/c1-2-5-18-19(15-6-3-4-7-17(15)20)16(12-24-18)13-8-10-14(11-9-13)25(21,22)23/h3-4,6-12H,2,5H2,1H3,(H2,21,22,23). The summed E-state index contributed by atoms with van der Waals surface area (Å²) in [5.41, 5.74) is 3.19. The van der Waals surface area contributed by atoms with E-state index in [1.165, 1.54) is 18.2 Å². The first-order chi connectivity index (χ1) is 11.9. The summed E-state index contributed by atoms with van der Waals surface area (Å²) in [5.74, 6) is -0.263.